The van der Waals surface area contributed by atoms with Crippen LogP contribution < -0.4 is 9.47 Å². The van der Waals surface area contributed by atoms with Crippen molar-refractivity contribution >= 4 is 0 Å². The van der Waals surface area contributed by atoms with E-state index in [0.717, 1.165) is 17.9 Å². The second-order valence-electron chi connectivity index (χ2n) is 3.60. The molecule has 0 bridgehead atoms. The highest BCUT2D eigenvalue weighted by Crippen LogP contribution is 2.19. The number of benzene rings is 1. The van der Waals surface area contributed by atoms with Crippen LogP contribution in [0.4, 0.5) is 0 Å². The van der Waals surface area contributed by atoms with Crippen LogP contribution in [0.3, 0.4) is 0 Å². The van der Waals surface area contributed by atoms with Crippen LogP contribution in [0.1, 0.15) is 6.42 Å². The summed E-state index contributed by atoms with van der Waals surface area (Å²) in [5.74, 6) is 1.54. The zero-order chi connectivity index (χ0) is 13.8. The summed E-state index contributed by atoms with van der Waals surface area (Å²) < 4.78 is 21.1. The van der Waals surface area contributed by atoms with Crippen molar-refractivity contribution in [2.45, 2.75) is 6.42 Å². The van der Waals surface area contributed by atoms with E-state index in [1.54, 1.807) is 0 Å². The number of hydrogen-bond acceptors (Lipinski definition) is 4. The van der Waals surface area contributed by atoms with Crippen LogP contribution >= 0.6 is 0 Å². The van der Waals surface area contributed by atoms with Gasteiger partial charge in [0.1, 0.15) is 24.7 Å². The monoisotopic (exact) mass is 264 g/mol. The van der Waals surface area contributed by atoms with Gasteiger partial charge in [0, 0.05) is 12.5 Å². The fourth-order valence-corrected chi connectivity index (χ4v) is 1.36. The van der Waals surface area contributed by atoms with Crippen LogP contribution in [0.2, 0.25) is 0 Å². The second-order valence-corrected chi connectivity index (χ2v) is 3.60. The van der Waals surface area contributed by atoms with Crippen LogP contribution in [0.25, 0.3) is 0 Å². The molecule has 1 aromatic carbocycles. The van der Waals surface area contributed by atoms with Crippen molar-refractivity contribution in [2.75, 3.05) is 26.4 Å². The summed E-state index contributed by atoms with van der Waals surface area (Å²) in [5, 5.41) is 0. The van der Waals surface area contributed by atoms with Crippen molar-refractivity contribution in [1.29, 1.82) is 0 Å². The van der Waals surface area contributed by atoms with Gasteiger partial charge in [-0.3, -0.25) is 0 Å². The molecule has 0 aliphatic rings. The zero-order valence-electron chi connectivity index (χ0n) is 11.0. The highest BCUT2D eigenvalue weighted by Gasteiger charge is 1.98. The molecule has 0 unspecified atom stereocenters. The molecule has 19 heavy (non-hydrogen) atoms. The minimum Gasteiger partial charge on any atom is -0.502 e. The average molecular weight is 264 g/mol. The smallest absolute Gasteiger partial charge is 0.123 e. The molecule has 0 saturated carbocycles. The lowest BCUT2D eigenvalue weighted by atomic mass is 10.3. The summed E-state index contributed by atoms with van der Waals surface area (Å²) >= 11 is 0. The minimum atomic E-state index is 0.475. The lowest BCUT2D eigenvalue weighted by molar-refractivity contribution is 0.179. The molecule has 104 valence electrons. The minimum absolute atomic E-state index is 0.475. The molecule has 0 atom stereocenters. The molecule has 0 fully saturated rings. The summed E-state index contributed by atoms with van der Waals surface area (Å²) in [5.41, 5.74) is 0. The highest BCUT2D eigenvalue weighted by atomic mass is 16.5. The molecule has 0 spiro atoms. The molecular weight excluding hydrogens is 244 g/mol. The lowest BCUT2D eigenvalue weighted by Gasteiger charge is -2.09. The van der Waals surface area contributed by atoms with Gasteiger partial charge in [-0.2, -0.15) is 0 Å². The van der Waals surface area contributed by atoms with Gasteiger partial charge in [0.2, 0.25) is 0 Å². The third-order valence-corrected chi connectivity index (χ3v) is 2.19. The molecular formula is C15H20O4. The molecule has 0 amide bonds. The largest absolute Gasteiger partial charge is 0.502 e. The number of hydrogen-bond donors (Lipinski definition) is 0. The number of rotatable bonds is 11. The van der Waals surface area contributed by atoms with E-state index in [1.165, 1.54) is 12.5 Å². The Bertz CT molecular complexity index is 376. The van der Waals surface area contributed by atoms with Crippen LogP contribution in [0.5, 0.6) is 11.5 Å². The third-order valence-electron chi connectivity index (χ3n) is 2.19. The average Bonchev–Trinajstić information content (AvgIpc) is 2.44. The Morgan fingerprint density at radius 2 is 1.47 bits per heavy atom. The molecule has 0 aromatic heterocycles. The molecule has 4 heteroatoms. The number of ether oxygens (including phenoxy) is 4. The molecule has 0 aliphatic carbocycles. The first kappa shape index (κ1) is 15.0. The van der Waals surface area contributed by atoms with Gasteiger partial charge in [0.25, 0.3) is 0 Å². The van der Waals surface area contributed by atoms with E-state index in [9.17, 15) is 0 Å². The van der Waals surface area contributed by atoms with Crippen LogP contribution in [0, 0.1) is 0 Å². The predicted octanol–water partition coefficient (Wildman–Crippen LogP) is 3.15. The topological polar surface area (TPSA) is 36.9 Å². The summed E-state index contributed by atoms with van der Waals surface area (Å²) in [6.45, 7) is 9.09. The van der Waals surface area contributed by atoms with Gasteiger partial charge < -0.3 is 18.9 Å². The maximum absolute atomic E-state index is 5.58. The first-order valence-corrected chi connectivity index (χ1v) is 6.17. The summed E-state index contributed by atoms with van der Waals surface area (Å²) in [4.78, 5) is 0. The van der Waals surface area contributed by atoms with Gasteiger partial charge in [0.15, 0.2) is 0 Å². The van der Waals surface area contributed by atoms with Gasteiger partial charge in [-0.25, -0.2) is 0 Å². The Morgan fingerprint density at radius 3 is 2.16 bits per heavy atom. The molecule has 0 saturated heterocycles. The van der Waals surface area contributed by atoms with Gasteiger partial charge in [-0.1, -0.05) is 19.2 Å². The quantitative estimate of drug-likeness (QED) is 0.454. The Hall–Kier alpha value is -2.10. The van der Waals surface area contributed by atoms with Gasteiger partial charge in [-0.05, 0) is 12.1 Å². The first-order valence-electron chi connectivity index (χ1n) is 6.17. The molecule has 1 aromatic rings. The Balaban J connectivity index is 2.26. The predicted molar refractivity (Wildman–Crippen MR) is 74.3 cm³/mol. The van der Waals surface area contributed by atoms with Crippen LogP contribution in [-0.4, -0.2) is 26.4 Å². The molecule has 1 rings (SSSR count). The SMILES string of the molecule is C=COCCCOc1cccc(OCCOC=C)c1. The standard InChI is InChI=1S/C15H20O4/c1-3-16-9-6-10-18-14-7-5-8-15(13-14)19-12-11-17-4-2/h3-5,7-8,13H,1-2,6,9-12H2. The molecule has 0 aliphatic heterocycles. The third kappa shape index (κ3) is 7.03. The van der Waals surface area contributed by atoms with Crippen molar-refractivity contribution in [1.82, 2.24) is 0 Å². The summed E-state index contributed by atoms with van der Waals surface area (Å²) in [7, 11) is 0. The van der Waals surface area contributed by atoms with Crippen molar-refractivity contribution in [3.63, 3.8) is 0 Å². The first-order chi connectivity index (χ1) is 9.36. The van der Waals surface area contributed by atoms with Crippen molar-refractivity contribution in [2.24, 2.45) is 0 Å². The summed E-state index contributed by atoms with van der Waals surface area (Å²) in [6.07, 6.45) is 3.64. The molecule has 4 nitrogen and oxygen atoms in total. The normalized spacial score (nSPS) is 9.47. The zero-order valence-corrected chi connectivity index (χ0v) is 11.0. The highest BCUT2D eigenvalue weighted by molar-refractivity contribution is 5.32. The van der Waals surface area contributed by atoms with E-state index in [1.807, 2.05) is 24.3 Å². The van der Waals surface area contributed by atoms with E-state index in [4.69, 9.17) is 18.9 Å². The molecule has 0 heterocycles. The lowest BCUT2D eigenvalue weighted by Crippen LogP contribution is -2.04. The van der Waals surface area contributed by atoms with E-state index in [0.29, 0.717) is 26.4 Å². The Morgan fingerprint density at radius 1 is 0.842 bits per heavy atom. The maximum atomic E-state index is 5.58. The molecule has 0 radical (unpaired) electrons. The van der Waals surface area contributed by atoms with Crippen molar-refractivity contribution in [3.8, 4) is 11.5 Å². The Labute approximate surface area is 114 Å². The fourth-order valence-electron chi connectivity index (χ4n) is 1.36. The van der Waals surface area contributed by atoms with Crippen molar-refractivity contribution < 1.29 is 18.9 Å². The van der Waals surface area contributed by atoms with E-state index >= 15 is 0 Å². The van der Waals surface area contributed by atoms with Gasteiger partial charge >= 0.3 is 0 Å². The van der Waals surface area contributed by atoms with E-state index in [-0.39, 0.29) is 0 Å². The molecule has 0 N–H and O–H groups in total. The summed E-state index contributed by atoms with van der Waals surface area (Å²) in [6, 6.07) is 7.50. The van der Waals surface area contributed by atoms with Crippen LogP contribution in [-0.2, 0) is 9.47 Å². The second kappa shape index (κ2) is 9.88. The maximum Gasteiger partial charge on any atom is 0.123 e. The van der Waals surface area contributed by atoms with Crippen molar-refractivity contribution in [3.05, 3.63) is 49.9 Å². The van der Waals surface area contributed by atoms with Crippen LogP contribution in [0.15, 0.2) is 49.9 Å². The van der Waals surface area contributed by atoms with Gasteiger partial charge in [0.05, 0.1) is 25.7 Å². The van der Waals surface area contributed by atoms with Gasteiger partial charge in [-0.15, -0.1) is 0 Å². The van der Waals surface area contributed by atoms with E-state index in [2.05, 4.69) is 13.2 Å². The van der Waals surface area contributed by atoms with E-state index < -0.39 is 0 Å². The Kier molecular flexibility index (Phi) is 7.78. The fraction of sp³-hybridized carbons (Fsp3) is 0.333.